The molecule has 106 valence electrons. The van der Waals surface area contributed by atoms with Crippen LogP contribution in [-0.4, -0.2) is 23.0 Å². The predicted molar refractivity (Wildman–Crippen MR) is 83.6 cm³/mol. The minimum atomic E-state index is 0.763. The molecule has 0 amide bonds. The highest BCUT2D eigenvalue weighted by molar-refractivity contribution is 7.18. The molecule has 0 atom stereocenters. The van der Waals surface area contributed by atoms with E-state index in [2.05, 4.69) is 22.4 Å². The summed E-state index contributed by atoms with van der Waals surface area (Å²) in [6.45, 7) is 6.98. The van der Waals surface area contributed by atoms with Crippen LogP contribution in [0.2, 0.25) is 0 Å². The van der Waals surface area contributed by atoms with Gasteiger partial charge >= 0.3 is 0 Å². The lowest BCUT2D eigenvalue weighted by atomic mass is 10.0. The summed E-state index contributed by atoms with van der Waals surface area (Å²) in [5, 5.41) is 13.4. The maximum absolute atomic E-state index is 11.0. The summed E-state index contributed by atoms with van der Waals surface area (Å²) in [4.78, 5) is 11.0. The van der Waals surface area contributed by atoms with E-state index in [1.165, 1.54) is 0 Å². The van der Waals surface area contributed by atoms with E-state index in [1.807, 2.05) is 26.0 Å². The van der Waals surface area contributed by atoms with Gasteiger partial charge in [-0.15, -0.1) is 10.2 Å². The minimum Gasteiger partial charge on any atom is -0.360 e. The van der Waals surface area contributed by atoms with Gasteiger partial charge in [0.1, 0.15) is 5.01 Å². The molecule has 0 aliphatic heterocycles. The van der Waals surface area contributed by atoms with Crippen LogP contribution >= 0.6 is 11.3 Å². The number of anilines is 1. The maximum atomic E-state index is 11.0. The lowest BCUT2D eigenvalue weighted by molar-refractivity contribution is 0.112. The van der Waals surface area contributed by atoms with Crippen molar-refractivity contribution in [3.63, 3.8) is 0 Å². The normalized spacial score (nSPS) is 10.6. The van der Waals surface area contributed by atoms with Gasteiger partial charge in [0.05, 0.1) is 0 Å². The van der Waals surface area contributed by atoms with Crippen molar-refractivity contribution in [1.82, 2.24) is 10.2 Å². The standard InChI is InChI=1S/C15H19N3OS/c1-4-5-6-16-15-18-17-14(20-15)12-7-10(2)13(9-19)11(3)8-12/h7-9H,4-6H2,1-3H3,(H,16,18). The summed E-state index contributed by atoms with van der Waals surface area (Å²) in [5.41, 5.74) is 3.74. The van der Waals surface area contributed by atoms with Crippen LogP contribution in [0.5, 0.6) is 0 Å². The lowest BCUT2D eigenvalue weighted by Crippen LogP contribution is -1.99. The molecule has 0 spiro atoms. The van der Waals surface area contributed by atoms with Crippen molar-refractivity contribution in [3.05, 3.63) is 28.8 Å². The molecule has 1 aromatic carbocycles. The summed E-state index contributed by atoms with van der Waals surface area (Å²) in [5.74, 6) is 0. The molecule has 0 aliphatic rings. The number of hydrogen-bond acceptors (Lipinski definition) is 5. The van der Waals surface area contributed by atoms with E-state index in [0.717, 1.165) is 58.1 Å². The van der Waals surface area contributed by atoms with Crippen LogP contribution in [0.25, 0.3) is 10.6 Å². The third kappa shape index (κ3) is 3.22. The van der Waals surface area contributed by atoms with Gasteiger partial charge in [-0.05, 0) is 43.5 Å². The van der Waals surface area contributed by atoms with Crippen molar-refractivity contribution < 1.29 is 4.79 Å². The maximum Gasteiger partial charge on any atom is 0.206 e. The Balaban J connectivity index is 2.22. The van der Waals surface area contributed by atoms with E-state index in [4.69, 9.17) is 0 Å². The van der Waals surface area contributed by atoms with Crippen LogP contribution in [0.15, 0.2) is 12.1 Å². The Bertz CT molecular complexity index is 584. The summed E-state index contributed by atoms with van der Waals surface area (Å²) in [6.07, 6.45) is 3.19. The Morgan fingerprint density at radius 1 is 1.25 bits per heavy atom. The van der Waals surface area contributed by atoms with E-state index >= 15 is 0 Å². The van der Waals surface area contributed by atoms with Gasteiger partial charge in [0.15, 0.2) is 6.29 Å². The van der Waals surface area contributed by atoms with E-state index in [0.29, 0.717) is 0 Å². The van der Waals surface area contributed by atoms with Gasteiger partial charge in [-0.25, -0.2) is 0 Å². The van der Waals surface area contributed by atoms with Crippen LogP contribution in [-0.2, 0) is 0 Å². The van der Waals surface area contributed by atoms with Gasteiger partial charge in [-0.3, -0.25) is 4.79 Å². The number of aldehydes is 1. The molecular formula is C15H19N3OS. The molecule has 0 aliphatic carbocycles. The van der Waals surface area contributed by atoms with Crippen molar-refractivity contribution >= 4 is 22.8 Å². The third-order valence-corrected chi connectivity index (χ3v) is 4.12. The number of nitrogens with one attached hydrogen (secondary N) is 1. The average Bonchev–Trinajstić information content (AvgIpc) is 2.87. The molecule has 1 heterocycles. The molecular weight excluding hydrogens is 270 g/mol. The van der Waals surface area contributed by atoms with E-state index < -0.39 is 0 Å². The molecule has 0 unspecified atom stereocenters. The molecule has 5 heteroatoms. The topological polar surface area (TPSA) is 54.9 Å². The number of aromatic nitrogens is 2. The Morgan fingerprint density at radius 2 is 1.95 bits per heavy atom. The number of carbonyl (C=O) groups excluding carboxylic acids is 1. The fourth-order valence-corrected chi connectivity index (χ4v) is 2.82. The summed E-state index contributed by atoms with van der Waals surface area (Å²) >= 11 is 1.55. The quantitative estimate of drug-likeness (QED) is 0.648. The minimum absolute atomic E-state index is 0.763. The SMILES string of the molecule is CCCCNc1nnc(-c2cc(C)c(C=O)c(C)c2)s1. The lowest BCUT2D eigenvalue weighted by Gasteiger charge is -2.05. The van der Waals surface area contributed by atoms with Crippen LogP contribution in [0.4, 0.5) is 5.13 Å². The zero-order valence-corrected chi connectivity index (χ0v) is 12.9. The monoisotopic (exact) mass is 289 g/mol. The summed E-state index contributed by atoms with van der Waals surface area (Å²) < 4.78 is 0. The molecule has 2 rings (SSSR count). The highest BCUT2D eigenvalue weighted by Gasteiger charge is 2.10. The number of hydrogen-bond donors (Lipinski definition) is 1. The van der Waals surface area contributed by atoms with Crippen molar-refractivity contribution in [2.75, 3.05) is 11.9 Å². The van der Waals surface area contributed by atoms with Gasteiger partial charge in [-0.1, -0.05) is 24.7 Å². The molecule has 1 aromatic heterocycles. The van der Waals surface area contributed by atoms with Gasteiger partial charge in [0.25, 0.3) is 0 Å². The highest BCUT2D eigenvalue weighted by atomic mass is 32.1. The highest BCUT2D eigenvalue weighted by Crippen LogP contribution is 2.29. The number of rotatable bonds is 6. The first-order valence-electron chi connectivity index (χ1n) is 6.80. The summed E-state index contributed by atoms with van der Waals surface area (Å²) in [7, 11) is 0. The number of carbonyl (C=O) groups is 1. The van der Waals surface area contributed by atoms with E-state index in [-0.39, 0.29) is 0 Å². The molecule has 0 saturated heterocycles. The first-order valence-corrected chi connectivity index (χ1v) is 7.61. The zero-order chi connectivity index (χ0) is 14.5. The van der Waals surface area contributed by atoms with Crippen molar-refractivity contribution in [1.29, 1.82) is 0 Å². The van der Waals surface area contributed by atoms with Crippen molar-refractivity contribution in [2.24, 2.45) is 0 Å². The first-order chi connectivity index (χ1) is 9.65. The number of unbranched alkanes of at least 4 members (excludes halogenated alkanes) is 1. The molecule has 0 radical (unpaired) electrons. The molecule has 0 bridgehead atoms. The van der Waals surface area contributed by atoms with Crippen LogP contribution in [0.3, 0.4) is 0 Å². The van der Waals surface area contributed by atoms with Gasteiger partial charge < -0.3 is 5.32 Å². The van der Waals surface area contributed by atoms with Crippen molar-refractivity contribution in [2.45, 2.75) is 33.6 Å². The Hall–Kier alpha value is -1.75. The fourth-order valence-electron chi connectivity index (χ4n) is 2.07. The predicted octanol–water partition coefficient (Wildman–Crippen LogP) is 3.85. The zero-order valence-electron chi connectivity index (χ0n) is 12.1. The molecule has 2 aromatic rings. The van der Waals surface area contributed by atoms with E-state index in [9.17, 15) is 4.79 Å². The van der Waals surface area contributed by atoms with Crippen molar-refractivity contribution in [3.8, 4) is 10.6 Å². The largest absolute Gasteiger partial charge is 0.360 e. The van der Waals surface area contributed by atoms with Gasteiger partial charge in [0, 0.05) is 17.7 Å². The molecule has 4 nitrogen and oxygen atoms in total. The number of nitrogens with zero attached hydrogens (tertiary/aromatic N) is 2. The van der Waals surface area contributed by atoms with E-state index in [1.54, 1.807) is 11.3 Å². The second-order valence-corrected chi connectivity index (χ2v) is 5.81. The molecule has 20 heavy (non-hydrogen) atoms. The molecule has 1 N–H and O–H groups in total. The van der Waals surface area contributed by atoms with Crippen LogP contribution in [0, 0.1) is 13.8 Å². The number of benzene rings is 1. The smallest absolute Gasteiger partial charge is 0.206 e. The molecule has 0 fully saturated rings. The second kappa shape index (κ2) is 6.61. The van der Waals surface area contributed by atoms with Gasteiger partial charge in [-0.2, -0.15) is 0 Å². The second-order valence-electron chi connectivity index (χ2n) is 4.83. The summed E-state index contributed by atoms with van der Waals surface area (Å²) in [6, 6.07) is 3.99. The third-order valence-electron chi connectivity index (χ3n) is 3.19. The Kier molecular flexibility index (Phi) is 4.84. The van der Waals surface area contributed by atoms with Gasteiger partial charge in [0.2, 0.25) is 5.13 Å². The first kappa shape index (κ1) is 14.7. The Morgan fingerprint density at radius 3 is 2.55 bits per heavy atom. The Labute approximate surface area is 123 Å². The average molecular weight is 289 g/mol. The molecule has 0 saturated carbocycles. The number of aryl methyl sites for hydroxylation is 2. The fraction of sp³-hybridized carbons (Fsp3) is 0.400. The van der Waals surface area contributed by atoms with Crippen LogP contribution < -0.4 is 5.32 Å². The van der Waals surface area contributed by atoms with Crippen LogP contribution in [0.1, 0.15) is 41.3 Å².